The van der Waals surface area contributed by atoms with Gasteiger partial charge in [-0.3, -0.25) is 9.59 Å². The highest BCUT2D eigenvalue weighted by Crippen LogP contribution is 2.24. The van der Waals surface area contributed by atoms with Crippen LogP contribution in [0.5, 0.6) is 0 Å². The van der Waals surface area contributed by atoms with Crippen molar-refractivity contribution in [3.05, 3.63) is 71.2 Å². The van der Waals surface area contributed by atoms with Crippen molar-refractivity contribution >= 4 is 34.7 Å². The fraction of sp³-hybridized carbons (Fsp3) is 0.143. The molecule has 0 fully saturated rings. The predicted octanol–water partition coefficient (Wildman–Crippen LogP) is 4.20. The maximum atomic E-state index is 12.4. The molecule has 0 saturated carbocycles. The van der Waals surface area contributed by atoms with Gasteiger partial charge in [0.1, 0.15) is 5.01 Å². The second kappa shape index (κ2) is 8.58. The molecule has 0 saturated heterocycles. The maximum absolute atomic E-state index is 12.4. The fourth-order valence-corrected chi connectivity index (χ4v) is 3.28. The molecule has 7 heteroatoms. The van der Waals surface area contributed by atoms with E-state index in [1.54, 1.807) is 29.6 Å². The number of rotatable bonds is 6. The third-order valence-electron chi connectivity index (χ3n) is 3.95. The third kappa shape index (κ3) is 4.50. The van der Waals surface area contributed by atoms with E-state index in [2.05, 4.69) is 10.3 Å². The highest BCUT2D eigenvalue weighted by atomic mass is 32.1. The molecular weight excluding hydrogens is 376 g/mol. The Balaban J connectivity index is 1.65. The average molecular weight is 394 g/mol. The zero-order valence-electron chi connectivity index (χ0n) is 15.3. The summed E-state index contributed by atoms with van der Waals surface area (Å²) in [5, 5.41) is 4.92. The van der Waals surface area contributed by atoms with E-state index in [-0.39, 0.29) is 11.5 Å². The number of nitrogens with one attached hydrogen (secondary N) is 1. The number of amides is 1. The molecule has 0 aliphatic carbocycles. The Hall–Kier alpha value is -3.32. The molecule has 1 N–H and O–H groups in total. The first kappa shape index (κ1) is 19.4. The zero-order valence-corrected chi connectivity index (χ0v) is 16.2. The van der Waals surface area contributed by atoms with Crippen molar-refractivity contribution in [3.63, 3.8) is 0 Å². The van der Waals surface area contributed by atoms with E-state index in [0.29, 0.717) is 16.3 Å². The van der Waals surface area contributed by atoms with Gasteiger partial charge in [0.25, 0.3) is 5.91 Å². The molecule has 1 aromatic heterocycles. The molecule has 0 bridgehead atoms. The molecule has 1 heterocycles. The lowest BCUT2D eigenvalue weighted by molar-refractivity contribution is -0.123. The summed E-state index contributed by atoms with van der Waals surface area (Å²) in [5.41, 5.74) is 1.81. The summed E-state index contributed by atoms with van der Waals surface area (Å²) < 4.78 is 5.23. The second-order valence-electron chi connectivity index (χ2n) is 6.04. The van der Waals surface area contributed by atoms with Gasteiger partial charge in [-0.2, -0.15) is 0 Å². The molecule has 0 unspecified atom stereocenters. The number of carbonyl (C=O) groups is 3. The molecule has 0 aliphatic heterocycles. The van der Waals surface area contributed by atoms with E-state index < -0.39 is 18.0 Å². The van der Waals surface area contributed by atoms with Crippen LogP contribution in [0.1, 0.15) is 34.7 Å². The molecule has 6 nitrogen and oxygen atoms in total. The number of Topliss-reactive ketones (excluding diaryl/α,β-unsaturated/α-hetero) is 1. The van der Waals surface area contributed by atoms with Gasteiger partial charge in [-0.15, -0.1) is 11.3 Å². The SMILES string of the molecule is CC(=O)c1ccccc1NC(=O)[C@H](C)OC(=O)c1csc(-c2ccccc2)n1. The van der Waals surface area contributed by atoms with Crippen LogP contribution in [0.4, 0.5) is 5.69 Å². The number of carbonyl (C=O) groups excluding carboxylic acids is 3. The average Bonchev–Trinajstić information content (AvgIpc) is 3.19. The van der Waals surface area contributed by atoms with Crippen molar-refractivity contribution in [2.45, 2.75) is 20.0 Å². The van der Waals surface area contributed by atoms with Crippen molar-refractivity contribution in [1.29, 1.82) is 0 Å². The van der Waals surface area contributed by atoms with Gasteiger partial charge in [-0.05, 0) is 26.0 Å². The van der Waals surface area contributed by atoms with Crippen molar-refractivity contribution in [1.82, 2.24) is 4.98 Å². The molecule has 0 spiro atoms. The number of esters is 1. The first-order valence-corrected chi connectivity index (χ1v) is 9.46. The lowest BCUT2D eigenvalue weighted by atomic mass is 10.1. The molecule has 142 valence electrons. The van der Waals surface area contributed by atoms with Crippen LogP contribution in [0.3, 0.4) is 0 Å². The smallest absolute Gasteiger partial charge is 0.358 e. The molecular formula is C21H18N2O4S. The largest absolute Gasteiger partial charge is 0.448 e. The van der Waals surface area contributed by atoms with Crippen molar-refractivity contribution in [2.24, 2.45) is 0 Å². The Bertz CT molecular complexity index is 1010. The van der Waals surface area contributed by atoms with E-state index in [9.17, 15) is 14.4 Å². The van der Waals surface area contributed by atoms with E-state index in [1.165, 1.54) is 25.2 Å². The molecule has 1 atom stereocenters. The van der Waals surface area contributed by atoms with Gasteiger partial charge in [0.2, 0.25) is 0 Å². The van der Waals surface area contributed by atoms with Gasteiger partial charge in [0.05, 0.1) is 5.69 Å². The Labute approximate surface area is 166 Å². The molecule has 3 aromatic rings. The number of ether oxygens (including phenoxy) is 1. The Morgan fingerprint density at radius 2 is 1.71 bits per heavy atom. The number of para-hydroxylation sites is 1. The summed E-state index contributed by atoms with van der Waals surface area (Å²) in [6.45, 7) is 2.88. The molecule has 3 rings (SSSR count). The summed E-state index contributed by atoms with van der Waals surface area (Å²) >= 11 is 1.32. The number of aromatic nitrogens is 1. The fourth-order valence-electron chi connectivity index (χ4n) is 2.49. The van der Waals surface area contributed by atoms with Crippen LogP contribution >= 0.6 is 11.3 Å². The monoisotopic (exact) mass is 394 g/mol. The molecule has 1 amide bonds. The number of ketones is 1. The van der Waals surface area contributed by atoms with Crippen LogP contribution < -0.4 is 5.32 Å². The van der Waals surface area contributed by atoms with Crippen molar-refractivity contribution < 1.29 is 19.1 Å². The summed E-state index contributed by atoms with van der Waals surface area (Å²) in [6, 6.07) is 16.1. The highest BCUT2D eigenvalue weighted by molar-refractivity contribution is 7.13. The lowest BCUT2D eigenvalue weighted by Gasteiger charge is -2.14. The molecule has 28 heavy (non-hydrogen) atoms. The van der Waals surface area contributed by atoms with Gasteiger partial charge in [0.15, 0.2) is 17.6 Å². The minimum Gasteiger partial charge on any atom is -0.448 e. The lowest BCUT2D eigenvalue weighted by Crippen LogP contribution is -2.30. The first-order valence-electron chi connectivity index (χ1n) is 8.58. The highest BCUT2D eigenvalue weighted by Gasteiger charge is 2.22. The quantitative estimate of drug-likeness (QED) is 0.500. The summed E-state index contributed by atoms with van der Waals surface area (Å²) in [6.07, 6.45) is -1.05. The Morgan fingerprint density at radius 1 is 1.04 bits per heavy atom. The van der Waals surface area contributed by atoms with Crippen LogP contribution in [0.15, 0.2) is 60.0 Å². The minimum atomic E-state index is -1.05. The van der Waals surface area contributed by atoms with Gasteiger partial charge in [-0.1, -0.05) is 42.5 Å². The number of nitrogens with zero attached hydrogens (tertiary/aromatic N) is 1. The summed E-state index contributed by atoms with van der Waals surface area (Å²) in [7, 11) is 0. The van der Waals surface area contributed by atoms with Crippen LogP contribution in [0.2, 0.25) is 0 Å². The normalized spacial score (nSPS) is 11.5. The number of thiazole rings is 1. The second-order valence-corrected chi connectivity index (χ2v) is 6.90. The Morgan fingerprint density at radius 3 is 2.43 bits per heavy atom. The number of anilines is 1. The van der Waals surface area contributed by atoms with E-state index in [4.69, 9.17) is 4.74 Å². The van der Waals surface area contributed by atoms with Crippen molar-refractivity contribution in [3.8, 4) is 10.6 Å². The molecule has 0 aliphatic rings. The van der Waals surface area contributed by atoms with Crippen LogP contribution in [-0.4, -0.2) is 28.7 Å². The maximum Gasteiger partial charge on any atom is 0.358 e. The van der Waals surface area contributed by atoms with Crippen LogP contribution in [0, 0.1) is 0 Å². The Kier molecular flexibility index (Phi) is 5.96. The van der Waals surface area contributed by atoms with Gasteiger partial charge >= 0.3 is 5.97 Å². The van der Waals surface area contributed by atoms with E-state index in [0.717, 1.165) is 5.56 Å². The third-order valence-corrected chi connectivity index (χ3v) is 4.84. The standard InChI is InChI=1S/C21H18N2O4S/c1-13(24)16-10-6-7-11-17(16)22-19(25)14(2)27-21(26)18-12-28-20(23-18)15-8-4-3-5-9-15/h3-12,14H,1-2H3,(H,22,25)/t14-/m0/s1. The number of benzene rings is 2. The molecule has 0 radical (unpaired) electrons. The van der Waals surface area contributed by atoms with Gasteiger partial charge in [-0.25, -0.2) is 9.78 Å². The first-order chi connectivity index (χ1) is 13.5. The molecule has 2 aromatic carbocycles. The van der Waals surface area contributed by atoms with Crippen LogP contribution in [0.25, 0.3) is 10.6 Å². The van der Waals surface area contributed by atoms with Gasteiger partial charge < -0.3 is 10.1 Å². The van der Waals surface area contributed by atoms with Crippen LogP contribution in [-0.2, 0) is 9.53 Å². The topological polar surface area (TPSA) is 85.4 Å². The predicted molar refractivity (Wildman–Crippen MR) is 108 cm³/mol. The number of hydrogen-bond donors (Lipinski definition) is 1. The van der Waals surface area contributed by atoms with Gasteiger partial charge in [0, 0.05) is 16.5 Å². The van der Waals surface area contributed by atoms with E-state index in [1.807, 2.05) is 30.3 Å². The minimum absolute atomic E-state index is 0.146. The zero-order chi connectivity index (χ0) is 20.1. The van der Waals surface area contributed by atoms with E-state index >= 15 is 0 Å². The van der Waals surface area contributed by atoms with Crippen molar-refractivity contribution in [2.75, 3.05) is 5.32 Å². The summed E-state index contributed by atoms with van der Waals surface area (Å²) in [5.74, 6) is -1.38. The number of hydrogen-bond acceptors (Lipinski definition) is 6. The summed E-state index contributed by atoms with van der Waals surface area (Å²) in [4.78, 5) is 40.6.